The summed E-state index contributed by atoms with van der Waals surface area (Å²) in [6.45, 7) is 4.65. The second-order valence-electron chi connectivity index (χ2n) is 5.28. The molecule has 0 unspecified atom stereocenters. The lowest BCUT2D eigenvalue weighted by atomic mass is 10.1. The highest BCUT2D eigenvalue weighted by Gasteiger charge is 2.21. The van der Waals surface area contributed by atoms with E-state index in [9.17, 15) is 4.79 Å². The topological polar surface area (TPSA) is 33.0 Å². The Bertz CT molecular complexity index is 564. The summed E-state index contributed by atoms with van der Waals surface area (Å²) < 4.78 is 1.94. The van der Waals surface area contributed by atoms with E-state index in [0.717, 1.165) is 18.4 Å². The minimum atomic E-state index is -0.204. The highest BCUT2D eigenvalue weighted by atomic mass is 16.2. The highest BCUT2D eigenvalue weighted by molar-refractivity contribution is 5.78. The number of aromatic nitrogens is 1. The van der Waals surface area contributed by atoms with E-state index < -0.39 is 0 Å². The van der Waals surface area contributed by atoms with Gasteiger partial charge in [0, 0.05) is 25.6 Å². The normalized spacial score (nSPS) is 11.9. The van der Waals surface area contributed by atoms with Crippen LogP contribution < -0.4 is 9.88 Å². The fraction of sp³-hybridized carbons (Fsp3) is 0.333. The molecule has 0 aliphatic carbocycles. The molecule has 0 fully saturated rings. The molecule has 0 spiro atoms. The molecule has 0 radical (unpaired) electrons. The third-order valence-corrected chi connectivity index (χ3v) is 3.60. The van der Waals surface area contributed by atoms with Gasteiger partial charge in [-0.3, -0.25) is 4.79 Å². The second-order valence-corrected chi connectivity index (χ2v) is 5.28. The van der Waals surface area contributed by atoms with Crippen LogP contribution in [0, 0.1) is 0 Å². The van der Waals surface area contributed by atoms with Gasteiger partial charge in [0.25, 0.3) is 5.91 Å². The maximum absolute atomic E-state index is 12.2. The molecule has 1 heterocycles. The van der Waals surface area contributed by atoms with Crippen LogP contribution in [0.1, 0.15) is 37.4 Å². The van der Waals surface area contributed by atoms with Gasteiger partial charge in [-0.2, -0.15) is 4.57 Å². The predicted molar refractivity (Wildman–Crippen MR) is 83.6 cm³/mol. The summed E-state index contributed by atoms with van der Waals surface area (Å²) >= 11 is 0. The van der Waals surface area contributed by atoms with Crippen molar-refractivity contribution in [2.75, 3.05) is 0 Å². The number of carbonyl (C=O) groups is 1. The van der Waals surface area contributed by atoms with E-state index in [4.69, 9.17) is 0 Å². The van der Waals surface area contributed by atoms with E-state index in [1.165, 1.54) is 5.56 Å². The summed E-state index contributed by atoms with van der Waals surface area (Å²) in [7, 11) is 0. The van der Waals surface area contributed by atoms with Gasteiger partial charge in [-0.1, -0.05) is 43.7 Å². The molecule has 1 aromatic carbocycles. The lowest BCUT2D eigenvalue weighted by Gasteiger charge is -2.09. The zero-order valence-corrected chi connectivity index (χ0v) is 12.8. The molecule has 3 nitrogen and oxygen atoms in total. The molecule has 2 aromatic rings. The molecule has 0 bridgehead atoms. The summed E-state index contributed by atoms with van der Waals surface area (Å²) in [6, 6.07) is 13.9. The average Bonchev–Trinajstić information content (AvgIpc) is 2.54. The predicted octanol–water partition coefficient (Wildman–Crippen LogP) is 2.80. The van der Waals surface area contributed by atoms with Gasteiger partial charge in [-0.15, -0.1) is 0 Å². The van der Waals surface area contributed by atoms with E-state index in [0.29, 0.717) is 6.54 Å². The van der Waals surface area contributed by atoms with Crippen molar-refractivity contribution in [1.29, 1.82) is 0 Å². The van der Waals surface area contributed by atoms with Crippen LogP contribution >= 0.6 is 0 Å². The smallest absolute Gasteiger partial charge is 0.289 e. The molecule has 0 aliphatic heterocycles. The fourth-order valence-corrected chi connectivity index (χ4v) is 2.25. The Morgan fingerprint density at radius 2 is 1.76 bits per heavy atom. The third kappa shape index (κ3) is 4.42. The Hall–Kier alpha value is -2.16. The standard InChI is InChI=1S/C18H22N2O/c1-3-7-16-10-12-20(13-11-16)15(2)18(21)19-14-17-8-5-4-6-9-17/h4-6,8-13,15H,3,7,14H2,1-2H3/p+1/t15-/m0/s1. The summed E-state index contributed by atoms with van der Waals surface area (Å²) in [5, 5.41) is 2.98. The molecular formula is C18H23N2O+. The lowest BCUT2D eigenvalue weighted by molar-refractivity contribution is -0.706. The van der Waals surface area contributed by atoms with E-state index in [2.05, 4.69) is 24.4 Å². The average molecular weight is 283 g/mol. The van der Waals surface area contributed by atoms with Crippen molar-refractivity contribution in [3.05, 3.63) is 66.0 Å². The minimum absolute atomic E-state index is 0.0343. The number of nitrogens with zero attached hydrogens (tertiary/aromatic N) is 1. The first-order chi connectivity index (χ1) is 10.2. The van der Waals surface area contributed by atoms with Crippen LogP contribution in [0.5, 0.6) is 0 Å². The van der Waals surface area contributed by atoms with E-state index in [-0.39, 0.29) is 11.9 Å². The third-order valence-electron chi connectivity index (χ3n) is 3.60. The molecule has 3 heteroatoms. The molecule has 2 rings (SSSR count). The first kappa shape index (κ1) is 15.2. The summed E-state index contributed by atoms with van der Waals surface area (Å²) in [4.78, 5) is 12.2. The van der Waals surface area contributed by atoms with Gasteiger partial charge in [-0.25, -0.2) is 0 Å². The van der Waals surface area contributed by atoms with Crippen molar-refractivity contribution in [3.8, 4) is 0 Å². The van der Waals surface area contributed by atoms with Gasteiger partial charge in [0.2, 0.25) is 6.04 Å². The number of aryl methyl sites for hydroxylation is 1. The first-order valence-electron chi connectivity index (χ1n) is 7.52. The van der Waals surface area contributed by atoms with Crippen molar-refractivity contribution in [3.63, 3.8) is 0 Å². The maximum Gasteiger partial charge on any atom is 0.289 e. The fourth-order valence-electron chi connectivity index (χ4n) is 2.25. The van der Waals surface area contributed by atoms with Crippen molar-refractivity contribution in [2.45, 2.75) is 39.3 Å². The van der Waals surface area contributed by atoms with E-state index >= 15 is 0 Å². The van der Waals surface area contributed by atoms with E-state index in [1.54, 1.807) is 0 Å². The molecule has 0 saturated carbocycles. The molecule has 110 valence electrons. The molecule has 1 amide bonds. The zero-order chi connectivity index (χ0) is 15.1. The number of hydrogen-bond donors (Lipinski definition) is 1. The Kier molecular flexibility index (Phi) is 5.50. The Morgan fingerprint density at radius 1 is 1.10 bits per heavy atom. The highest BCUT2D eigenvalue weighted by Crippen LogP contribution is 2.03. The molecule has 1 aromatic heterocycles. The second kappa shape index (κ2) is 7.58. The number of pyridine rings is 1. The zero-order valence-electron chi connectivity index (χ0n) is 12.8. The number of nitrogens with one attached hydrogen (secondary N) is 1. The number of hydrogen-bond acceptors (Lipinski definition) is 1. The summed E-state index contributed by atoms with van der Waals surface area (Å²) in [5.41, 5.74) is 2.42. The van der Waals surface area contributed by atoms with Crippen LogP contribution in [-0.4, -0.2) is 5.91 Å². The summed E-state index contributed by atoms with van der Waals surface area (Å²) in [6.07, 6.45) is 6.18. The summed E-state index contributed by atoms with van der Waals surface area (Å²) in [5.74, 6) is 0.0343. The van der Waals surface area contributed by atoms with Gasteiger partial charge in [-0.05, 0) is 17.5 Å². The molecule has 1 atom stereocenters. The number of rotatable bonds is 6. The van der Waals surface area contributed by atoms with Gasteiger partial charge in [0.15, 0.2) is 12.4 Å². The van der Waals surface area contributed by atoms with Crippen LogP contribution in [0.2, 0.25) is 0 Å². The quantitative estimate of drug-likeness (QED) is 0.813. The maximum atomic E-state index is 12.2. The van der Waals surface area contributed by atoms with E-state index in [1.807, 2.05) is 54.2 Å². The van der Waals surface area contributed by atoms with Crippen LogP contribution in [0.15, 0.2) is 54.9 Å². The molecule has 0 saturated heterocycles. The SMILES string of the molecule is CCCc1cc[n+]([C@@H](C)C(=O)NCc2ccccc2)cc1. The molecule has 1 N–H and O–H groups in total. The number of benzene rings is 1. The van der Waals surface area contributed by atoms with Crippen LogP contribution in [0.3, 0.4) is 0 Å². The van der Waals surface area contributed by atoms with Crippen LogP contribution in [0.4, 0.5) is 0 Å². The van der Waals surface area contributed by atoms with Gasteiger partial charge >= 0.3 is 0 Å². The molecule has 21 heavy (non-hydrogen) atoms. The largest absolute Gasteiger partial charge is 0.346 e. The molecule has 0 aliphatic rings. The lowest BCUT2D eigenvalue weighted by Crippen LogP contribution is -2.46. The minimum Gasteiger partial charge on any atom is -0.346 e. The number of carbonyl (C=O) groups excluding carboxylic acids is 1. The van der Waals surface area contributed by atoms with Crippen molar-refractivity contribution < 1.29 is 9.36 Å². The van der Waals surface area contributed by atoms with Crippen LogP contribution in [0.25, 0.3) is 0 Å². The Labute approximate surface area is 126 Å². The van der Waals surface area contributed by atoms with Crippen molar-refractivity contribution >= 4 is 5.91 Å². The Morgan fingerprint density at radius 3 is 2.38 bits per heavy atom. The van der Waals surface area contributed by atoms with Crippen molar-refractivity contribution in [1.82, 2.24) is 5.32 Å². The number of amides is 1. The van der Waals surface area contributed by atoms with Crippen molar-refractivity contribution in [2.24, 2.45) is 0 Å². The van der Waals surface area contributed by atoms with Crippen LogP contribution in [-0.2, 0) is 17.8 Å². The molecular weight excluding hydrogens is 260 g/mol. The van der Waals surface area contributed by atoms with Gasteiger partial charge in [0.1, 0.15) is 0 Å². The monoisotopic (exact) mass is 283 g/mol. The van der Waals surface area contributed by atoms with Gasteiger partial charge < -0.3 is 5.32 Å². The van der Waals surface area contributed by atoms with Gasteiger partial charge in [0.05, 0.1) is 0 Å². The Balaban J connectivity index is 1.92. The first-order valence-corrected chi connectivity index (χ1v) is 7.52.